The van der Waals surface area contributed by atoms with Gasteiger partial charge >= 0.3 is 6.03 Å². The van der Waals surface area contributed by atoms with Gasteiger partial charge in [0.2, 0.25) is 0 Å². The molecule has 6 heteroatoms. The average Bonchev–Trinajstić information content (AvgIpc) is 2.45. The molecule has 1 heterocycles. The number of carbonyl (C=O) groups excluding carboxylic acids is 2. The van der Waals surface area contributed by atoms with E-state index in [0.717, 1.165) is 12.8 Å². The van der Waals surface area contributed by atoms with Crippen LogP contribution >= 0.6 is 0 Å². The van der Waals surface area contributed by atoms with Crippen molar-refractivity contribution in [3.8, 4) is 0 Å². The number of amides is 3. The Kier molecular flexibility index (Phi) is 5.26. The van der Waals surface area contributed by atoms with Gasteiger partial charge in [0.05, 0.1) is 6.10 Å². The minimum atomic E-state index is -0.460. The summed E-state index contributed by atoms with van der Waals surface area (Å²) in [5, 5.41) is 15.3. The minimum Gasteiger partial charge on any atom is -0.391 e. The molecule has 2 rings (SSSR count). The molecule has 126 valence electrons. The Morgan fingerprint density at radius 2 is 2.04 bits per heavy atom. The molecule has 3 amide bonds. The third-order valence-electron chi connectivity index (χ3n) is 3.55. The van der Waals surface area contributed by atoms with Gasteiger partial charge in [-0.2, -0.15) is 0 Å². The van der Waals surface area contributed by atoms with Gasteiger partial charge in [-0.1, -0.05) is 6.07 Å². The Morgan fingerprint density at radius 1 is 1.30 bits per heavy atom. The van der Waals surface area contributed by atoms with Crippen LogP contribution in [0, 0.1) is 0 Å². The topological polar surface area (TPSA) is 81.7 Å². The summed E-state index contributed by atoms with van der Waals surface area (Å²) in [7, 11) is 0. The van der Waals surface area contributed by atoms with Crippen LogP contribution in [0.5, 0.6) is 0 Å². The Bertz CT molecular complexity index is 581. The summed E-state index contributed by atoms with van der Waals surface area (Å²) < 4.78 is 0. The van der Waals surface area contributed by atoms with Crippen LogP contribution in [-0.4, -0.2) is 46.7 Å². The number of β-amino-alcohol motifs (C(OH)–C–C–N with tert-alkyl or cyclic N) is 1. The fraction of sp³-hybridized carbons (Fsp3) is 0.529. The predicted molar refractivity (Wildman–Crippen MR) is 89.5 cm³/mol. The first kappa shape index (κ1) is 17.3. The highest BCUT2D eigenvalue weighted by Gasteiger charge is 2.22. The molecule has 0 aromatic heterocycles. The number of rotatable bonds is 2. The average molecular weight is 319 g/mol. The zero-order valence-corrected chi connectivity index (χ0v) is 13.9. The molecule has 1 saturated heterocycles. The van der Waals surface area contributed by atoms with Crippen molar-refractivity contribution < 1.29 is 14.7 Å². The number of urea groups is 1. The van der Waals surface area contributed by atoms with Crippen LogP contribution in [0.2, 0.25) is 0 Å². The number of nitrogens with zero attached hydrogens (tertiary/aromatic N) is 1. The standard InChI is InChI=1S/C17H25N3O3/c1-17(2,3)19-15(22)12-6-4-7-13(10-12)18-16(23)20-9-5-8-14(21)11-20/h4,6-7,10,14,21H,5,8-9,11H2,1-3H3,(H,18,23)(H,19,22). The fourth-order valence-corrected chi connectivity index (χ4v) is 2.49. The quantitative estimate of drug-likeness (QED) is 0.781. The summed E-state index contributed by atoms with van der Waals surface area (Å²) in [5.74, 6) is -0.179. The zero-order valence-electron chi connectivity index (χ0n) is 13.9. The van der Waals surface area contributed by atoms with Crippen LogP contribution in [0.4, 0.5) is 10.5 Å². The second-order valence-corrected chi connectivity index (χ2v) is 6.96. The van der Waals surface area contributed by atoms with Gasteiger partial charge in [0.25, 0.3) is 5.91 Å². The monoisotopic (exact) mass is 319 g/mol. The maximum absolute atomic E-state index is 12.2. The van der Waals surface area contributed by atoms with E-state index in [4.69, 9.17) is 0 Å². The first-order chi connectivity index (χ1) is 10.7. The SMILES string of the molecule is CC(C)(C)NC(=O)c1cccc(NC(=O)N2CCCC(O)C2)c1. The molecule has 0 bridgehead atoms. The van der Waals surface area contributed by atoms with E-state index in [9.17, 15) is 14.7 Å². The summed E-state index contributed by atoms with van der Waals surface area (Å²) in [6, 6.07) is 6.59. The van der Waals surface area contributed by atoms with Crippen LogP contribution in [-0.2, 0) is 0 Å². The summed E-state index contributed by atoms with van der Waals surface area (Å²) in [6.45, 7) is 6.72. The van der Waals surface area contributed by atoms with E-state index >= 15 is 0 Å². The molecule has 1 aromatic carbocycles. The van der Waals surface area contributed by atoms with E-state index < -0.39 is 6.10 Å². The molecule has 1 aromatic rings. The Labute approximate surface area is 136 Å². The molecule has 0 radical (unpaired) electrons. The van der Waals surface area contributed by atoms with Crippen molar-refractivity contribution in [1.82, 2.24) is 10.2 Å². The number of hydrogen-bond donors (Lipinski definition) is 3. The fourth-order valence-electron chi connectivity index (χ4n) is 2.49. The van der Waals surface area contributed by atoms with Gasteiger partial charge in [0, 0.05) is 29.9 Å². The molecule has 23 heavy (non-hydrogen) atoms. The zero-order chi connectivity index (χ0) is 17.0. The third kappa shape index (κ3) is 5.25. The second kappa shape index (κ2) is 7.00. The van der Waals surface area contributed by atoms with Gasteiger partial charge in [-0.05, 0) is 51.8 Å². The van der Waals surface area contributed by atoms with Crippen LogP contribution in [0.1, 0.15) is 44.0 Å². The first-order valence-corrected chi connectivity index (χ1v) is 7.91. The van der Waals surface area contributed by atoms with E-state index in [0.29, 0.717) is 24.3 Å². The third-order valence-corrected chi connectivity index (χ3v) is 3.55. The summed E-state index contributed by atoms with van der Waals surface area (Å²) in [5.41, 5.74) is 0.744. The van der Waals surface area contributed by atoms with Gasteiger partial charge in [-0.3, -0.25) is 4.79 Å². The molecule has 1 aliphatic heterocycles. The molecule has 1 aliphatic rings. The van der Waals surface area contributed by atoms with Crippen molar-refractivity contribution in [2.24, 2.45) is 0 Å². The highest BCUT2D eigenvalue weighted by Crippen LogP contribution is 2.15. The number of benzene rings is 1. The minimum absolute atomic E-state index is 0.179. The van der Waals surface area contributed by atoms with Crippen molar-refractivity contribution in [2.45, 2.75) is 45.3 Å². The lowest BCUT2D eigenvalue weighted by Gasteiger charge is -2.30. The molecule has 1 atom stereocenters. The van der Waals surface area contributed by atoms with E-state index in [1.807, 2.05) is 20.8 Å². The number of nitrogens with one attached hydrogen (secondary N) is 2. The number of anilines is 1. The molecule has 0 aliphatic carbocycles. The smallest absolute Gasteiger partial charge is 0.321 e. The number of likely N-dealkylation sites (tertiary alicyclic amines) is 1. The maximum Gasteiger partial charge on any atom is 0.321 e. The number of piperidine rings is 1. The predicted octanol–water partition coefficient (Wildman–Crippen LogP) is 2.20. The van der Waals surface area contributed by atoms with Gasteiger partial charge in [0.1, 0.15) is 0 Å². The van der Waals surface area contributed by atoms with Crippen LogP contribution < -0.4 is 10.6 Å². The van der Waals surface area contributed by atoms with Crippen molar-refractivity contribution in [3.63, 3.8) is 0 Å². The summed E-state index contributed by atoms with van der Waals surface area (Å²) in [6.07, 6.45) is 1.06. The molecule has 1 fully saturated rings. The molecule has 0 saturated carbocycles. The van der Waals surface area contributed by atoms with Gasteiger partial charge in [-0.25, -0.2) is 4.79 Å². The lowest BCUT2D eigenvalue weighted by Crippen LogP contribution is -2.44. The van der Waals surface area contributed by atoms with E-state index in [1.165, 1.54) is 0 Å². The first-order valence-electron chi connectivity index (χ1n) is 7.91. The Morgan fingerprint density at radius 3 is 2.70 bits per heavy atom. The van der Waals surface area contributed by atoms with Gasteiger partial charge in [-0.15, -0.1) is 0 Å². The number of aliphatic hydroxyl groups excluding tert-OH is 1. The van der Waals surface area contributed by atoms with Crippen LogP contribution in [0.25, 0.3) is 0 Å². The summed E-state index contributed by atoms with van der Waals surface area (Å²) in [4.78, 5) is 26.0. The number of carbonyl (C=O) groups is 2. The van der Waals surface area contributed by atoms with Crippen molar-refractivity contribution in [1.29, 1.82) is 0 Å². The van der Waals surface area contributed by atoms with E-state index in [1.54, 1.807) is 29.2 Å². The van der Waals surface area contributed by atoms with Crippen molar-refractivity contribution in [2.75, 3.05) is 18.4 Å². The van der Waals surface area contributed by atoms with E-state index in [-0.39, 0.29) is 17.5 Å². The molecule has 0 spiro atoms. The van der Waals surface area contributed by atoms with Crippen molar-refractivity contribution >= 4 is 17.6 Å². The van der Waals surface area contributed by atoms with Crippen LogP contribution in [0.15, 0.2) is 24.3 Å². The lowest BCUT2D eigenvalue weighted by atomic mass is 10.1. The highest BCUT2D eigenvalue weighted by atomic mass is 16.3. The Hall–Kier alpha value is -2.08. The molecule has 3 N–H and O–H groups in total. The number of hydrogen-bond acceptors (Lipinski definition) is 3. The Balaban J connectivity index is 2.02. The van der Waals surface area contributed by atoms with Gasteiger partial charge < -0.3 is 20.6 Å². The lowest BCUT2D eigenvalue weighted by molar-refractivity contribution is 0.0883. The van der Waals surface area contributed by atoms with Gasteiger partial charge in [0.15, 0.2) is 0 Å². The number of aliphatic hydroxyl groups is 1. The molecular weight excluding hydrogens is 294 g/mol. The molecular formula is C17H25N3O3. The molecule has 6 nitrogen and oxygen atoms in total. The van der Waals surface area contributed by atoms with Crippen LogP contribution in [0.3, 0.4) is 0 Å². The largest absolute Gasteiger partial charge is 0.391 e. The summed E-state index contributed by atoms with van der Waals surface area (Å²) >= 11 is 0. The molecule has 1 unspecified atom stereocenters. The maximum atomic E-state index is 12.2. The highest BCUT2D eigenvalue weighted by molar-refractivity contribution is 5.97. The van der Waals surface area contributed by atoms with Crippen molar-refractivity contribution in [3.05, 3.63) is 29.8 Å². The van der Waals surface area contributed by atoms with E-state index in [2.05, 4.69) is 10.6 Å². The normalized spacial score (nSPS) is 18.4. The second-order valence-electron chi connectivity index (χ2n) is 6.96.